The molecule has 1 amide bonds. The van der Waals surface area contributed by atoms with Gasteiger partial charge in [-0.15, -0.1) is 0 Å². The van der Waals surface area contributed by atoms with Gasteiger partial charge in [0.1, 0.15) is 0 Å². The first-order valence-corrected chi connectivity index (χ1v) is 7.40. The van der Waals surface area contributed by atoms with Crippen LogP contribution in [0.4, 0.5) is 5.95 Å². The average Bonchev–Trinajstić information content (AvgIpc) is 2.61. The molecular formula is C15H18N6O. The molecule has 1 N–H and O–H groups in total. The highest BCUT2D eigenvalue weighted by atomic mass is 16.1. The molecule has 22 heavy (non-hydrogen) atoms. The molecule has 1 aliphatic rings. The van der Waals surface area contributed by atoms with Gasteiger partial charge in [0.05, 0.1) is 18.0 Å². The van der Waals surface area contributed by atoms with Crippen LogP contribution in [0.3, 0.4) is 0 Å². The normalized spacial score (nSPS) is 15.5. The van der Waals surface area contributed by atoms with Gasteiger partial charge in [-0.05, 0) is 30.9 Å². The van der Waals surface area contributed by atoms with E-state index in [-0.39, 0.29) is 5.91 Å². The third kappa shape index (κ3) is 3.55. The lowest BCUT2D eigenvalue weighted by atomic mass is 9.97. The molecule has 114 valence electrons. The number of hydrogen-bond donors (Lipinski definition) is 1. The number of anilines is 1. The van der Waals surface area contributed by atoms with E-state index in [0.717, 1.165) is 31.9 Å². The van der Waals surface area contributed by atoms with Crippen molar-refractivity contribution < 1.29 is 4.79 Å². The molecule has 0 aromatic carbocycles. The summed E-state index contributed by atoms with van der Waals surface area (Å²) in [5, 5.41) is 10.3. The number of aromatic nitrogens is 4. The summed E-state index contributed by atoms with van der Waals surface area (Å²) in [5.74, 6) is 1.18. The Bertz CT molecular complexity index is 598. The Morgan fingerprint density at radius 1 is 1.18 bits per heavy atom. The highest BCUT2D eigenvalue weighted by Crippen LogP contribution is 2.19. The van der Waals surface area contributed by atoms with Crippen molar-refractivity contribution in [1.29, 1.82) is 0 Å². The second-order valence-corrected chi connectivity index (χ2v) is 5.32. The van der Waals surface area contributed by atoms with Crippen LogP contribution in [0.5, 0.6) is 0 Å². The molecule has 0 aliphatic carbocycles. The van der Waals surface area contributed by atoms with Gasteiger partial charge < -0.3 is 10.2 Å². The third-order valence-corrected chi connectivity index (χ3v) is 3.85. The van der Waals surface area contributed by atoms with Crippen LogP contribution in [-0.2, 0) is 0 Å². The van der Waals surface area contributed by atoms with Crippen LogP contribution in [0.15, 0.2) is 36.9 Å². The molecule has 0 spiro atoms. The van der Waals surface area contributed by atoms with E-state index >= 15 is 0 Å². The summed E-state index contributed by atoms with van der Waals surface area (Å²) >= 11 is 0. The zero-order chi connectivity index (χ0) is 15.2. The molecule has 1 aliphatic heterocycles. The quantitative estimate of drug-likeness (QED) is 0.903. The largest absolute Gasteiger partial charge is 0.352 e. The number of rotatable bonds is 4. The minimum atomic E-state index is -0.0938. The van der Waals surface area contributed by atoms with E-state index in [2.05, 4.69) is 30.4 Å². The summed E-state index contributed by atoms with van der Waals surface area (Å²) in [6.07, 6.45) is 8.56. The van der Waals surface area contributed by atoms with Crippen LogP contribution < -0.4 is 10.2 Å². The van der Waals surface area contributed by atoms with Crippen LogP contribution in [0.1, 0.15) is 23.2 Å². The molecule has 0 atom stereocenters. The van der Waals surface area contributed by atoms with Crippen molar-refractivity contribution >= 4 is 11.9 Å². The maximum Gasteiger partial charge on any atom is 0.252 e. The minimum absolute atomic E-state index is 0.0938. The van der Waals surface area contributed by atoms with Gasteiger partial charge in [-0.25, -0.2) is 9.97 Å². The molecule has 3 heterocycles. The minimum Gasteiger partial charge on any atom is -0.352 e. The van der Waals surface area contributed by atoms with Crippen LogP contribution >= 0.6 is 0 Å². The second kappa shape index (κ2) is 6.93. The van der Waals surface area contributed by atoms with Crippen molar-refractivity contribution in [2.24, 2.45) is 5.92 Å². The molecule has 2 aromatic rings. The first-order valence-electron chi connectivity index (χ1n) is 7.40. The molecule has 0 bridgehead atoms. The zero-order valence-corrected chi connectivity index (χ0v) is 12.2. The van der Waals surface area contributed by atoms with Crippen LogP contribution in [0, 0.1) is 5.92 Å². The van der Waals surface area contributed by atoms with Gasteiger partial charge in [-0.3, -0.25) is 4.79 Å². The summed E-state index contributed by atoms with van der Waals surface area (Å²) in [6, 6.07) is 3.48. The van der Waals surface area contributed by atoms with Gasteiger partial charge in [-0.2, -0.15) is 10.2 Å². The summed E-state index contributed by atoms with van der Waals surface area (Å²) in [7, 11) is 0. The second-order valence-electron chi connectivity index (χ2n) is 5.32. The molecule has 7 nitrogen and oxygen atoms in total. The summed E-state index contributed by atoms with van der Waals surface area (Å²) in [4.78, 5) is 22.7. The fourth-order valence-corrected chi connectivity index (χ4v) is 2.56. The monoisotopic (exact) mass is 298 g/mol. The Morgan fingerprint density at radius 2 is 1.95 bits per heavy atom. The Balaban J connectivity index is 1.45. The fourth-order valence-electron chi connectivity index (χ4n) is 2.56. The van der Waals surface area contributed by atoms with Crippen molar-refractivity contribution in [2.45, 2.75) is 12.8 Å². The molecule has 0 saturated carbocycles. The highest BCUT2D eigenvalue weighted by Gasteiger charge is 2.21. The molecule has 1 saturated heterocycles. The van der Waals surface area contributed by atoms with Gasteiger partial charge in [0.2, 0.25) is 5.95 Å². The van der Waals surface area contributed by atoms with Crippen LogP contribution in [0.25, 0.3) is 0 Å². The summed E-state index contributed by atoms with van der Waals surface area (Å²) < 4.78 is 0. The lowest BCUT2D eigenvalue weighted by Crippen LogP contribution is -2.39. The number of piperidine rings is 1. The first-order chi connectivity index (χ1) is 10.8. The Morgan fingerprint density at radius 3 is 2.64 bits per heavy atom. The Hall–Kier alpha value is -2.57. The van der Waals surface area contributed by atoms with Crippen molar-refractivity contribution in [3.63, 3.8) is 0 Å². The van der Waals surface area contributed by atoms with Crippen molar-refractivity contribution in [3.8, 4) is 0 Å². The van der Waals surface area contributed by atoms with E-state index < -0.39 is 0 Å². The molecule has 3 rings (SSSR count). The lowest BCUT2D eigenvalue weighted by molar-refractivity contribution is 0.0944. The predicted molar refractivity (Wildman–Crippen MR) is 81.3 cm³/mol. The summed E-state index contributed by atoms with van der Waals surface area (Å²) in [5.41, 5.74) is 0.546. The van der Waals surface area contributed by atoms with Crippen molar-refractivity contribution in [3.05, 3.63) is 42.5 Å². The van der Waals surface area contributed by atoms with Gasteiger partial charge >= 0.3 is 0 Å². The molecule has 1 fully saturated rings. The number of carbonyl (C=O) groups excluding carboxylic acids is 1. The molecule has 2 aromatic heterocycles. The van der Waals surface area contributed by atoms with E-state index in [4.69, 9.17) is 0 Å². The SMILES string of the molecule is O=C(NCC1CCN(c2ncccn2)CC1)c1ccnnc1. The maximum atomic E-state index is 12.0. The number of carbonyl (C=O) groups is 1. The van der Waals surface area contributed by atoms with Crippen LogP contribution in [-0.4, -0.2) is 45.7 Å². The standard InChI is InChI=1S/C15H18N6O/c22-14(13-2-7-19-20-11-13)18-10-12-3-8-21(9-4-12)15-16-5-1-6-17-15/h1-2,5-7,11-12H,3-4,8-10H2,(H,18,22). The van der Waals surface area contributed by atoms with E-state index in [1.54, 1.807) is 18.5 Å². The number of hydrogen-bond acceptors (Lipinski definition) is 6. The van der Waals surface area contributed by atoms with E-state index in [1.807, 2.05) is 6.07 Å². The zero-order valence-electron chi connectivity index (χ0n) is 12.2. The molecule has 7 heteroatoms. The lowest BCUT2D eigenvalue weighted by Gasteiger charge is -2.31. The molecule has 0 unspecified atom stereocenters. The Labute approximate surface area is 128 Å². The van der Waals surface area contributed by atoms with Gasteiger partial charge in [0, 0.05) is 32.0 Å². The third-order valence-electron chi connectivity index (χ3n) is 3.85. The number of amides is 1. The van der Waals surface area contributed by atoms with Gasteiger partial charge in [0.25, 0.3) is 5.91 Å². The molecular weight excluding hydrogens is 280 g/mol. The highest BCUT2D eigenvalue weighted by molar-refractivity contribution is 5.93. The van der Waals surface area contributed by atoms with E-state index in [1.165, 1.54) is 12.4 Å². The first kappa shape index (κ1) is 14.4. The van der Waals surface area contributed by atoms with Crippen molar-refractivity contribution in [2.75, 3.05) is 24.5 Å². The van der Waals surface area contributed by atoms with E-state index in [0.29, 0.717) is 18.0 Å². The maximum absolute atomic E-state index is 12.0. The van der Waals surface area contributed by atoms with Gasteiger partial charge in [0.15, 0.2) is 0 Å². The van der Waals surface area contributed by atoms with Crippen LogP contribution in [0.2, 0.25) is 0 Å². The summed E-state index contributed by atoms with van der Waals surface area (Å²) in [6.45, 7) is 2.52. The molecule has 0 radical (unpaired) electrons. The fraction of sp³-hybridized carbons (Fsp3) is 0.400. The topological polar surface area (TPSA) is 83.9 Å². The number of nitrogens with one attached hydrogen (secondary N) is 1. The smallest absolute Gasteiger partial charge is 0.252 e. The van der Waals surface area contributed by atoms with E-state index in [9.17, 15) is 4.79 Å². The average molecular weight is 298 g/mol. The van der Waals surface area contributed by atoms with Gasteiger partial charge in [-0.1, -0.05) is 0 Å². The number of nitrogens with zero attached hydrogens (tertiary/aromatic N) is 5. The van der Waals surface area contributed by atoms with Crippen molar-refractivity contribution in [1.82, 2.24) is 25.5 Å². The predicted octanol–water partition coefficient (Wildman–Crippen LogP) is 0.913. The Kier molecular flexibility index (Phi) is 4.53.